The lowest BCUT2D eigenvalue weighted by Crippen LogP contribution is -2.76. The maximum atomic E-state index is 13.4. The summed E-state index contributed by atoms with van der Waals surface area (Å²) in [6.45, 7) is 17.9. The van der Waals surface area contributed by atoms with Crippen molar-refractivity contribution in [1.29, 1.82) is 0 Å². The monoisotopic (exact) mass is 736 g/mol. The van der Waals surface area contributed by atoms with Gasteiger partial charge in [-0.2, -0.15) is 0 Å². The second kappa shape index (κ2) is 15.3. The van der Waals surface area contributed by atoms with Crippen LogP contribution < -0.4 is 0 Å². The zero-order valence-corrected chi connectivity index (χ0v) is 33.2. The van der Waals surface area contributed by atoms with E-state index >= 15 is 0 Å². The molecule has 5 rings (SSSR count). The fourth-order valence-electron chi connectivity index (χ4n) is 11.6. The highest BCUT2D eigenvalue weighted by Gasteiger charge is 2.76. The van der Waals surface area contributed by atoms with Gasteiger partial charge in [0.25, 0.3) is 0 Å². The topological polar surface area (TPSA) is 135 Å². The summed E-state index contributed by atoms with van der Waals surface area (Å²) in [5.74, 6) is -3.60. The molecular formula is C43H60O10. The van der Waals surface area contributed by atoms with E-state index in [0.717, 1.165) is 18.4 Å². The van der Waals surface area contributed by atoms with Gasteiger partial charge in [0, 0.05) is 44.9 Å². The number of hydrogen-bond acceptors (Lipinski definition) is 10. The second-order valence-electron chi connectivity index (χ2n) is 16.5. The summed E-state index contributed by atoms with van der Waals surface area (Å²) < 4.78 is 31.1. The summed E-state index contributed by atoms with van der Waals surface area (Å²) >= 11 is 0. The molecule has 0 saturated heterocycles. The van der Waals surface area contributed by atoms with Crippen molar-refractivity contribution in [2.75, 3.05) is 13.2 Å². The molecule has 1 N–H and O–H groups in total. The molecule has 1 aromatic rings. The van der Waals surface area contributed by atoms with Gasteiger partial charge in [-0.25, -0.2) is 0 Å². The van der Waals surface area contributed by atoms with Crippen molar-refractivity contribution in [1.82, 2.24) is 0 Å². The Balaban J connectivity index is 1.79. The van der Waals surface area contributed by atoms with Crippen molar-refractivity contribution in [3.63, 3.8) is 0 Å². The fraction of sp³-hybridized carbons (Fsp3) is 0.674. The number of carbonyl (C=O) groups is 4. The van der Waals surface area contributed by atoms with Gasteiger partial charge in [0.05, 0.1) is 24.2 Å². The smallest absolute Gasteiger partial charge is 0.303 e. The van der Waals surface area contributed by atoms with Gasteiger partial charge in [0.1, 0.15) is 18.3 Å². The van der Waals surface area contributed by atoms with Crippen LogP contribution in [-0.4, -0.2) is 72.2 Å². The predicted octanol–water partition coefficient (Wildman–Crippen LogP) is 6.81. The van der Waals surface area contributed by atoms with Gasteiger partial charge in [-0.05, 0) is 86.0 Å². The van der Waals surface area contributed by atoms with E-state index in [0.29, 0.717) is 19.3 Å². The predicted molar refractivity (Wildman–Crippen MR) is 198 cm³/mol. The molecule has 0 bridgehead atoms. The lowest BCUT2D eigenvalue weighted by atomic mass is 9.35. The SMILES string of the molecule is CCc1ccccc1[C@H](CC)CC1(O)C(C)=C[C@@H](OC(C)=O)[C@@]2(C)C1CC[C@]1(C)C2[C@H](OC(C)=O)[C@H](OC(C)=O)[C@@]2([C@@H](C)OC(C)=O)COCC=CC12. The third-order valence-corrected chi connectivity index (χ3v) is 13.6. The average molecular weight is 737 g/mol. The Morgan fingerprint density at radius 1 is 0.962 bits per heavy atom. The van der Waals surface area contributed by atoms with Gasteiger partial charge < -0.3 is 28.8 Å². The quantitative estimate of drug-likeness (QED) is 0.155. The van der Waals surface area contributed by atoms with Gasteiger partial charge in [0.15, 0.2) is 6.10 Å². The Bertz CT molecular complexity index is 1630. The molecule has 1 heterocycles. The first-order valence-corrected chi connectivity index (χ1v) is 19.3. The molecule has 2 saturated carbocycles. The maximum Gasteiger partial charge on any atom is 0.303 e. The molecule has 12 atom stereocenters. The fourth-order valence-corrected chi connectivity index (χ4v) is 11.6. The minimum Gasteiger partial charge on any atom is -0.462 e. The summed E-state index contributed by atoms with van der Waals surface area (Å²) in [5, 5.41) is 13.4. The van der Waals surface area contributed by atoms with Crippen LogP contribution in [0, 0.1) is 34.0 Å². The lowest BCUT2D eigenvalue weighted by molar-refractivity contribution is -0.304. The van der Waals surface area contributed by atoms with Crippen molar-refractivity contribution in [3.8, 4) is 0 Å². The van der Waals surface area contributed by atoms with Crippen molar-refractivity contribution in [3.05, 3.63) is 59.2 Å². The maximum absolute atomic E-state index is 13.4. The van der Waals surface area contributed by atoms with Gasteiger partial charge >= 0.3 is 23.9 Å². The van der Waals surface area contributed by atoms with Crippen molar-refractivity contribution in [2.24, 2.45) is 34.0 Å². The highest BCUT2D eigenvalue weighted by atomic mass is 16.6. The van der Waals surface area contributed by atoms with Crippen molar-refractivity contribution in [2.45, 2.75) is 137 Å². The molecule has 0 amide bonds. The summed E-state index contributed by atoms with van der Waals surface area (Å²) in [6.07, 6.45) is 5.32. The van der Waals surface area contributed by atoms with Gasteiger partial charge in [-0.1, -0.05) is 64.1 Å². The summed E-state index contributed by atoms with van der Waals surface area (Å²) in [5.41, 5.74) is -1.06. The number of ether oxygens (including phenoxy) is 5. The van der Waals surface area contributed by atoms with Gasteiger partial charge in [-0.15, -0.1) is 0 Å². The van der Waals surface area contributed by atoms with E-state index in [1.807, 2.05) is 38.1 Å². The standard InChI is InChI=1S/C43H60O10/c1-11-31-16-13-14-17-33(31)32(12-2)23-43(48)25(3)22-36(51-28(6)45)41(10)35(43)19-20-40(9)34-18-15-21-49-24-42(34,26(4)50-27(5)44)39(53-30(8)47)37(38(40)41)52-29(7)46/h13-18,22,26,32,34-39,48H,11-12,19-21,23-24H2,1-10H3/t26-,32-,34?,35?,36-,37+,38?,39+,40+,41-,42-,43?/m1/s1. The minimum absolute atomic E-state index is 0.0333. The average Bonchev–Trinajstić information content (AvgIpc) is 3.32. The lowest BCUT2D eigenvalue weighted by Gasteiger charge is -2.71. The number of fused-ring (bicyclic) bond motifs is 5. The number of hydrogen-bond donors (Lipinski definition) is 1. The highest BCUT2D eigenvalue weighted by molar-refractivity contribution is 5.69. The number of benzene rings is 1. The first-order valence-electron chi connectivity index (χ1n) is 19.3. The molecule has 0 radical (unpaired) electrons. The Hall–Kier alpha value is -3.50. The summed E-state index contributed by atoms with van der Waals surface area (Å²) in [7, 11) is 0. The van der Waals surface area contributed by atoms with Crippen LogP contribution in [0.5, 0.6) is 0 Å². The third-order valence-electron chi connectivity index (χ3n) is 13.6. The molecule has 1 aromatic carbocycles. The Morgan fingerprint density at radius 3 is 2.23 bits per heavy atom. The van der Waals surface area contributed by atoms with E-state index in [1.54, 1.807) is 6.92 Å². The molecule has 2 fully saturated rings. The Labute approximate surface area is 315 Å². The molecule has 0 aromatic heterocycles. The van der Waals surface area contributed by atoms with Gasteiger partial charge in [0.2, 0.25) is 0 Å². The first-order chi connectivity index (χ1) is 24.9. The highest BCUT2D eigenvalue weighted by Crippen LogP contribution is 2.72. The van der Waals surface area contributed by atoms with E-state index in [-0.39, 0.29) is 19.1 Å². The second-order valence-corrected chi connectivity index (χ2v) is 16.5. The van der Waals surface area contributed by atoms with Crippen LogP contribution in [0.2, 0.25) is 0 Å². The largest absolute Gasteiger partial charge is 0.462 e. The van der Waals surface area contributed by atoms with Crippen LogP contribution in [0.3, 0.4) is 0 Å². The van der Waals surface area contributed by atoms with Crippen LogP contribution in [0.4, 0.5) is 0 Å². The minimum atomic E-state index is -1.33. The Morgan fingerprint density at radius 2 is 1.62 bits per heavy atom. The van der Waals surface area contributed by atoms with Crippen molar-refractivity contribution < 1.29 is 48.0 Å². The van der Waals surface area contributed by atoms with Crippen LogP contribution in [0.25, 0.3) is 0 Å². The molecule has 292 valence electrons. The van der Waals surface area contributed by atoms with Crippen LogP contribution in [0.1, 0.15) is 112 Å². The number of esters is 4. The van der Waals surface area contributed by atoms with E-state index in [4.69, 9.17) is 23.7 Å². The molecule has 10 heteroatoms. The number of carbonyl (C=O) groups excluding carboxylic acids is 4. The number of allylic oxidation sites excluding steroid dienone is 1. The third kappa shape index (κ3) is 6.88. The van der Waals surface area contributed by atoms with Crippen LogP contribution in [-0.2, 0) is 49.3 Å². The van der Waals surface area contributed by atoms with E-state index in [9.17, 15) is 24.3 Å². The first kappa shape index (κ1) is 40.7. The van der Waals surface area contributed by atoms with Crippen LogP contribution in [0.15, 0.2) is 48.1 Å². The summed E-state index contributed by atoms with van der Waals surface area (Å²) in [4.78, 5) is 52.0. The van der Waals surface area contributed by atoms with E-state index in [1.165, 1.54) is 38.8 Å². The number of aliphatic hydroxyl groups is 1. The molecule has 53 heavy (non-hydrogen) atoms. The molecule has 4 aliphatic rings. The summed E-state index contributed by atoms with van der Waals surface area (Å²) in [6, 6.07) is 8.40. The number of aryl methyl sites for hydroxylation is 1. The molecule has 3 aliphatic carbocycles. The molecule has 10 nitrogen and oxygen atoms in total. The van der Waals surface area contributed by atoms with E-state index in [2.05, 4.69) is 39.0 Å². The van der Waals surface area contributed by atoms with Crippen LogP contribution >= 0.6 is 0 Å². The zero-order chi connectivity index (χ0) is 39.1. The van der Waals surface area contributed by atoms with Crippen molar-refractivity contribution >= 4 is 23.9 Å². The Kier molecular flexibility index (Phi) is 11.8. The molecule has 4 unspecified atom stereocenters. The molecule has 0 spiro atoms. The molecule has 1 aliphatic heterocycles. The van der Waals surface area contributed by atoms with E-state index < -0.39 is 87.9 Å². The molecular weight excluding hydrogens is 676 g/mol. The zero-order valence-electron chi connectivity index (χ0n) is 33.2. The van der Waals surface area contributed by atoms with Gasteiger partial charge in [-0.3, -0.25) is 19.2 Å². The normalized spacial score (nSPS) is 37.3. The number of rotatable bonds is 10.